The highest BCUT2D eigenvalue weighted by Crippen LogP contribution is 2.55. The number of nitrogens with zero attached hydrogens (tertiary/aromatic N) is 2. The molecule has 0 spiro atoms. The van der Waals surface area contributed by atoms with Gasteiger partial charge in [0.2, 0.25) is 0 Å². The number of rotatable bonds is 9. The summed E-state index contributed by atoms with van der Waals surface area (Å²) in [5, 5.41) is 0. The summed E-state index contributed by atoms with van der Waals surface area (Å²) in [5.74, 6) is 0. The molecule has 0 saturated heterocycles. The van der Waals surface area contributed by atoms with Gasteiger partial charge in [0.05, 0.1) is 12.7 Å². The zero-order valence-electron chi connectivity index (χ0n) is 59.3. The minimum Gasteiger partial charge on any atom is -0.310 e. The number of hydrogen-bond donors (Lipinski definition) is 0. The molecule has 0 atom stereocenters. The first-order chi connectivity index (χ1) is 45.7. The van der Waals surface area contributed by atoms with Crippen LogP contribution in [-0.4, -0.2) is 6.71 Å². The maximum Gasteiger partial charge on any atom is 0.252 e. The van der Waals surface area contributed by atoms with Gasteiger partial charge in [0, 0.05) is 45.0 Å². The van der Waals surface area contributed by atoms with E-state index in [0.717, 1.165) is 95.3 Å². The second kappa shape index (κ2) is 23.6. The largest absolute Gasteiger partial charge is 0.310 e. The Bertz CT molecular complexity index is 4820. The molecule has 2 nitrogen and oxygen atoms in total. The summed E-state index contributed by atoms with van der Waals surface area (Å²) in [7, 11) is 0. The third kappa shape index (κ3) is 11.6. The molecule has 0 fully saturated rings. The highest BCUT2D eigenvalue weighted by atomic mass is 15.2. The summed E-state index contributed by atoms with van der Waals surface area (Å²) in [4.78, 5) is 5.33. The van der Waals surface area contributed by atoms with E-state index in [-0.39, 0.29) is 33.8 Å². The van der Waals surface area contributed by atoms with E-state index in [2.05, 4.69) is 375 Å². The Labute approximate surface area is 568 Å². The maximum absolute atomic E-state index is 9.79. The third-order valence-electron chi connectivity index (χ3n) is 19.9. The van der Waals surface area contributed by atoms with E-state index in [1.165, 1.54) is 60.9 Å². The van der Waals surface area contributed by atoms with Crippen LogP contribution in [0.5, 0.6) is 0 Å². The zero-order valence-corrected chi connectivity index (χ0v) is 58.3. The molecule has 470 valence electrons. The van der Waals surface area contributed by atoms with Gasteiger partial charge < -0.3 is 9.80 Å². The van der Waals surface area contributed by atoms with Crippen molar-refractivity contribution in [1.29, 1.82) is 0 Å². The molecule has 14 rings (SSSR count). The molecule has 0 aromatic heterocycles. The maximum atomic E-state index is 9.79. The fourth-order valence-electron chi connectivity index (χ4n) is 14.8. The smallest absolute Gasteiger partial charge is 0.252 e. The van der Waals surface area contributed by atoms with Gasteiger partial charge in [0.25, 0.3) is 6.71 Å². The van der Waals surface area contributed by atoms with Crippen LogP contribution in [0.3, 0.4) is 0 Å². The molecule has 12 aromatic carbocycles. The van der Waals surface area contributed by atoms with Crippen molar-refractivity contribution < 1.29 is 1.37 Å². The van der Waals surface area contributed by atoms with Gasteiger partial charge in [-0.2, -0.15) is 0 Å². The molecule has 2 aliphatic heterocycles. The van der Waals surface area contributed by atoms with Crippen LogP contribution < -0.4 is 26.2 Å². The highest BCUT2D eigenvalue weighted by molar-refractivity contribution is 7.00. The Kier molecular flexibility index (Phi) is 15.3. The van der Waals surface area contributed by atoms with Crippen molar-refractivity contribution in [2.45, 2.75) is 131 Å². The Morgan fingerprint density at radius 2 is 0.579 bits per heavy atom. The van der Waals surface area contributed by atoms with Crippen molar-refractivity contribution in [2.75, 3.05) is 9.80 Å². The van der Waals surface area contributed by atoms with Crippen LogP contribution >= 0.6 is 0 Å². The predicted octanol–water partition coefficient (Wildman–Crippen LogP) is 23.9. The van der Waals surface area contributed by atoms with Gasteiger partial charge in [-0.05, 0) is 163 Å². The first-order valence-corrected chi connectivity index (χ1v) is 34.2. The first-order valence-electron chi connectivity index (χ1n) is 34.7. The average Bonchev–Trinajstić information content (AvgIpc) is 0.687. The van der Waals surface area contributed by atoms with Crippen LogP contribution in [0.2, 0.25) is 0 Å². The minimum atomic E-state index is -0.235. The quantitative estimate of drug-likeness (QED) is 0.133. The van der Waals surface area contributed by atoms with Crippen molar-refractivity contribution >= 4 is 57.2 Å². The lowest BCUT2D eigenvalue weighted by Crippen LogP contribution is -2.61. The van der Waals surface area contributed by atoms with Crippen molar-refractivity contribution in [2.24, 2.45) is 0 Å². The lowest BCUT2D eigenvalue weighted by molar-refractivity contribution is 0.569. The van der Waals surface area contributed by atoms with Gasteiger partial charge in [0.15, 0.2) is 0 Å². The molecule has 0 bridgehead atoms. The number of anilines is 6. The second-order valence-corrected chi connectivity index (χ2v) is 31.7. The Balaban J connectivity index is 1.20. The molecule has 0 amide bonds. The summed E-state index contributed by atoms with van der Waals surface area (Å²) in [6, 6.07) is 98.9. The number of fused-ring (bicyclic) bond motifs is 4. The van der Waals surface area contributed by atoms with E-state index in [9.17, 15) is 1.37 Å². The van der Waals surface area contributed by atoms with Crippen LogP contribution in [0.1, 0.15) is 133 Å². The summed E-state index contributed by atoms with van der Waals surface area (Å²) < 4.78 is 9.79. The van der Waals surface area contributed by atoms with Gasteiger partial charge in [-0.1, -0.05) is 334 Å². The fourth-order valence-corrected chi connectivity index (χ4v) is 14.8. The summed E-state index contributed by atoms with van der Waals surface area (Å²) >= 11 is 0. The van der Waals surface area contributed by atoms with Gasteiger partial charge in [-0.3, -0.25) is 0 Å². The Morgan fingerprint density at radius 1 is 0.253 bits per heavy atom. The second-order valence-electron chi connectivity index (χ2n) is 31.7. The number of benzene rings is 12. The molecule has 0 radical (unpaired) electrons. The van der Waals surface area contributed by atoms with Crippen LogP contribution in [0.15, 0.2) is 267 Å². The number of para-hydroxylation sites is 1. The molecular weight excluding hydrogens is 1140 g/mol. The highest BCUT2D eigenvalue weighted by Gasteiger charge is 2.46. The normalized spacial score (nSPS) is 13.3. The van der Waals surface area contributed by atoms with Crippen molar-refractivity contribution in [1.82, 2.24) is 0 Å². The van der Waals surface area contributed by atoms with Crippen LogP contribution in [0, 0.1) is 0 Å². The molecule has 95 heavy (non-hydrogen) atoms. The van der Waals surface area contributed by atoms with Gasteiger partial charge >= 0.3 is 0 Å². The van der Waals surface area contributed by atoms with Gasteiger partial charge in [0.1, 0.15) is 0 Å². The van der Waals surface area contributed by atoms with Crippen LogP contribution in [0.4, 0.5) is 34.1 Å². The van der Waals surface area contributed by atoms with E-state index in [1.54, 1.807) is 0 Å². The Morgan fingerprint density at radius 3 is 0.926 bits per heavy atom. The third-order valence-corrected chi connectivity index (χ3v) is 19.9. The van der Waals surface area contributed by atoms with Crippen LogP contribution in [-0.2, 0) is 27.1 Å². The topological polar surface area (TPSA) is 6.48 Å². The fraction of sp³-hybridized carbons (Fsp3) is 0.217. The lowest BCUT2D eigenvalue weighted by Gasteiger charge is -2.46. The van der Waals surface area contributed by atoms with Crippen molar-refractivity contribution in [3.8, 4) is 77.9 Å². The predicted molar refractivity (Wildman–Crippen MR) is 412 cm³/mol. The van der Waals surface area contributed by atoms with Crippen LogP contribution in [0.25, 0.3) is 77.9 Å². The molecular formula is C92H89BN2. The summed E-state index contributed by atoms with van der Waals surface area (Å²) in [6.45, 7) is 34.9. The molecule has 12 aromatic rings. The standard InChI is InChI=1S/C92H89BN2/c1-88(2,3)68-46-48-71(77(58-68)91(10,11)12)65-44-50-79-81(52-65)94(86-73(61-34-23-17-24-35-61)42-31-43-74(86)62-36-25-18-26-37-62)83-54-67(60-32-21-16-22-33-60)55-84-85(83)93(79)80-51-45-66(72-49-47-69(89(4,5)6)59-78(72)92(13,14)15)53-82(80)95(84)87-75(63-38-27-19-28-39-63)56-70(90(7,8)9)57-76(87)64-40-29-20-30-41-64/h16-59H,1-15H3/i31D. The summed E-state index contributed by atoms with van der Waals surface area (Å²) in [5.41, 5.74) is 31.9. The Hall–Kier alpha value is -9.70. The molecule has 0 saturated carbocycles. The minimum absolute atomic E-state index is 0.0385. The molecule has 3 heteroatoms. The van der Waals surface area contributed by atoms with E-state index >= 15 is 0 Å². The lowest BCUT2D eigenvalue weighted by atomic mass is 9.33. The monoisotopic (exact) mass is 1230 g/mol. The zero-order chi connectivity index (χ0) is 67.4. The van der Waals surface area contributed by atoms with Gasteiger partial charge in [-0.15, -0.1) is 0 Å². The van der Waals surface area contributed by atoms with E-state index in [1.807, 2.05) is 0 Å². The molecule has 0 aliphatic carbocycles. The molecule has 0 unspecified atom stereocenters. The van der Waals surface area contributed by atoms with Gasteiger partial charge in [-0.25, -0.2) is 0 Å². The van der Waals surface area contributed by atoms with E-state index < -0.39 is 0 Å². The molecule has 2 aliphatic rings. The molecule has 2 heterocycles. The molecule has 0 N–H and O–H groups in total. The SMILES string of the molecule is [2H]c1cc(-c2ccccc2)c(N2c3cc(-c4ccc(C(C)(C)C)cc4C(C)(C)C)ccc3B3c4ccc(-c5ccc(C(C)(C)C)cc5C(C)(C)C)cc4N(c4c(-c5ccccc5)cc(C(C)(C)C)cc4-c4ccccc4)c4cc(-c5ccccc5)cc2c43)c(-c2ccccc2)c1. The van der Waals surface area contributed by atoms with Crippen molar-refractivity contribution in [3.63, 3.8) is 0 Å². The number of hydrogen-bond acceptors (Lipinski definition) is 2. The van der Waals surface area contributed by atoms with E-state index in [0.29, 0.717) is 6.04 Å². The average molecular weight is 1230 g/mol. The first kappa shape index (κ1) is 61.5. The summed E-state index contributed by atoms with van der Waals surface area (Å²) in [6.07, 6.45) is 0. The van der Waals surface area contributed by atoms with E-state index in [4.69, 9.17) is 0 Å². The van der Waals surface area contributed by atoms with Crippen molar-refractivity contribution in [3.05, 3.63) is 295 Å².